The van der Waals surface area contributed by atoms with Crippen molar-refractivity contribution >= 4 is 44.1 Å². The van der Waals surface area contributed by atoms with Crippen LogP contribution in [-0.2, 0) is 27.9 Å². The van der Waals surface area contributed by atoms with E-state index in [1.54, 1.807) is 22.6 Å². The lowest BCUT2D eigenvalue weighted by atomic mass is 9.88. The van der Waals surface area contributed by atoms with E-state index in [-0.39, 0.29) is 11.7 Å². The second kappa shape index (κ2) is 13.9. The van der Waals surface area contributed by atoms with Crippen molar-refractivity contribution < 1.29 is 36.3 Å². The van der Waals surface area contributed by atoms with Crippen LogP contribution in [0.25, 0.3) is 22.0 Å². The van der Waals surface area contributed by atoms with E-state index in [1.807, 2.05) is 30.5 Å². The summed E-state index contributed by atoms with van der Waals surface area (Å²) in [4.78, 5) is 25.8. The van der Waals surface area contributed by atoms with Gasteiger partial charge in [-0.3, -0.25) is 4.79 Å². The van der Waals surface area contributed by atoms with Gasteiger partial charge in [0.2, 0.25) is 10.0 Å². The highest BCUT2D eigenvalue weighted by Crippen LogP contribution is 2.38. The Labute approximate surface area is 256 Å². The number of aliphatic carboxylic acids is 1. The number of piperidine rings is 1. The first-order chi connectivity index (χ1) is 20.8. The van der Waals surface area contributed by atoms with Crippen LogP contribution in [0.1, 0.15) is 52.0 Å². The minimum Gasteiger partial charge on any atom is -0.475 e. The number of thiophene rings is 1. The standard InChI is InChI=1S/C28H32N4O3S2.C2HF3O2/c1-2-37(34,35)32-10-8-20(9-11-32)26-17-31-27-24(26)13-21(14-25(27)28(29)33)22-12-23(36-18-22)16-30-15-19-6-4-3-5-7-19;3-2(4,5)1(6)7/h3-7,12-14,17-18,20,30-31H,2,8-11,15-16H2,1H3,(H2,29,33);(H,6,7). The molecule has 0 spiro atoms. The van der Waals surface area contributed by atoms with Gasteiger partial charge in [-0.05, 0) is 71.5 Å². The summed E-state index contributed by atoms with van der Waals surface area (Å²) >= 11 is 1.69. The van der Waals surface area contributed by atoms with Gasteiger partial charge in [-0.15, -0.1) is 11.3 Å². The first-order valence-electron chi connectivity index (χ1n) is 13.8. The molecule has 236 valence electrons. The number of alkyl halides is 3. The van der Waals surface area contributed by atoms with Gasteiger partial charge < -0.3 is 21.1 Å². The van der Waals surface area contributed by atoms with Gasteiger partial charge in [0.1, 0.15) is 0 Å². The molecule has 44 heavy (non-hydrogen) atoms. The van der Waals surface area contributed by atoms with E-state index >= 15 is 0 Å². The number of H-pyrrole nitrogens is 1. The number of fused-ring (bicyclic) bond motifs is 1. The van der Waals surface area contributed by atoms with Crippen molar-refractivity contribution in [3.63, 3.8) is 0 Å². The monoisotopic (exact) mass is 650 g/mol. The lowest BCUT2D eigenvalue weighted by Gasteiger charge is -2.31. The molecule has 2 aromatic carbocycles. The maximum atomic E-state index is 12.4. The minimum absolute atomic E-state index is 0.125. The molecular formula is C30H33F3N4O5S2. The average Bonchev–Trinajstić information content (AvgIpc) is 3.64. The van der Waals surface area contributed by atoms with Crippen molar-refractivity contribution in [3.8, 4) is 11.1 Å². The molecule has 5 N–H and O–H groups in total. The molecule has 1 fully saturated rings. The van der Waals surface area contributed by atoms with Gasteiger partial charge in [0.25, 0.3) is 5.91 Å². The number of hydrogen-bond donors (Lipinski definition) is 4. The highest BCUT2D eigenvalue weighted by atomic mass is 32.2. The Morgan fingerprint density at radius 1 is 1.09 bits per heavy atom. The van der Waals surface area contributed by atoms with Crippen molar-refractivity contribution in [2.45, 2.75) is 44.9 Å². The van der Waals surface area contributed by atoms with Crippen LogP contribution in [0.3, 0.4) is 0 Å². The Bertz CT molecular complexity index is 1710. The summed E-state index contributed by atoms with van der Waals surface area (Å²) in [6, 6.07) is 16.5. The predicted molar refractivity (Wildman–Crippen MR) is 164 cm³/mol. The van der Waals surface area contributed by atoms with Crippen molar-refractivity contribution in [1.82, 2.24) is 14.6 Å². The normalized spacial score (nSPS) is 14.7. The Morgan fingerprint density at radius 3 is 2.34 bits per heavy atom. The highest BCUT2D eigenvalue weighted by Gasteiger charge is 2.38. The second-order valence-electron chi connectivity index (χ2n) is 10.3. The van der Waals surface area contributed by atoms with E-state index in [2.05, 4.69) is 39.9 Å². The number of nitrogens with one attached hydrogen (secondary N) is 2. The lowest BCUT2D eigenvalue weighted by Crippen LogP contribution is -2.38. The van der Waals surface area contributed by atoms with E-state index < -0.39 is 28.1 Å². The topological polar surface area (TPSA) is 146 Å². The number of aromatic nitrogens is 1. The second-order valence-corrected chi connectivity index (χ2v) is 13.6. The van der Waals surface area contributed by atoms with E-state index in [9.17, 15) is 26.4 Å². The Kier molecular flexibility index (Phi) is 10.5. The minimum atomic E-state index is -5.08. The number of aromatic amines is 1. The molecule has 0 saturated carbocycles. The van der Waals surface area contributed by atoms with Gasteiger partial charge >= 0.3 is 12.1 Å². The van der Waals surface area contributed by atoms with Crippen LogP contribution in [0.2, 0.25) is 0 Å². The lowest BCUT2D eigenvalue weighted by molar-refractivity contribution is -0.192. The molecule has 5 rings (SSSR count). The number of halogens is 3. The Balaban J connectivity index is 0.000000566. The van der Waals surface area contributed by atoms with Crippen molar-refractivity contribution in [1.29, 1.82) is 0 Å². The van der Waals surface area contributed by atoms with Crippen LogP contribution < -0.4 is 11.1 Å². The summed E-state index contributed by atoms with van der Waals surface area (Å²) in [5, 5.41) is 13.7. The molecular weight excluding hydrogens is 617 g/mol. The van der Waals surface area contributed by atoms with E-state index in [0.717, 1.165) is 53.5 Å². The van der Waals surface area contributed by atoms with Crippen LogP contribution >= 0.6 is 11.3 Å². The number of nitrogens with zero attached hydrogens (tertiary/aromatic N) is 1. The Hall–Kier alpha value is -3.72. The SMILES string of the molecule is CCS(=O)(=O)N1CCC(c2c[nH]c3c(C(N)=O)cc(-c4csc(CNCc5ccccc5)c4)cc23)CC1.O=C(O)C(F)(F)F. The number of rotatable bonds is 9. The summed E-state index contributed by atoms with van der Waals surface area (Å²) < 4.78 is 57.9. The van der Waals surface area contributed by atoms with Crippen LogP contribution in [-0.4, -0.2) is 59.7 Å². The Morgan fingerprint density at radius 2 is 1.75 bits per heavy atom. The molecule has 1 aliphatic rings. The maximum absolute atomic E-state index is 12.4. The third-order valence-electron chi connectivity index (χ3n) is 7.44. The van der Waals surface area contributed by atoms with E-state index in [1.165, 1.54) is 10.4 Å². The first-order valence-corrected chi connectivity index (χ1v) is 16.3. The zero-order valence-electron chi connectivity index (χ0n) is 23.9. The number of sulfonamides is 1. The fourth-order valence-corrected chi connectivity index (χ4v) is 7.13. The predicted octanol–water partition coefficient (Wildman–Crippen LogP) is 5.45. The van der Waals surface area contributed by atoms with Gasteiger partial charge in [0.15, 0.2) is 0 Å². The van der Waals surface area contributed by atoms with Crippen LogP contribution in [0.15, 0.2) is 60.1 Å². The largest absolute Gasteiger partial charge is 0.490 e. The molecule has 1 amide bonds. The molecule has 0 radical (unpaired) electrons. The molecule has 0 aliphatic carbocycles. The number of amides is 1. The fraction of sp³-hybridized carbons (Fsp3) is 0.333. The molecule has 3 heterocycles. The van der Waals surface area contributed by atoms with Gasteiger partial charge in [-0.25, -0.2) is 17.5 Å². The van der Waals surface area contributed by atoms with Crippen LogP contribution in [0, 0.1) is 0 Å². The average molecular weight is 651 g/mol. The zero-order valence-corrected chi connectivity index (χ0v) is 25.5. The summed E-state index contributed by atoms with van der Waals surface area (Å²) in [7, 11) is -3.18. The summed E-state index contributed by atoms with van der Waals surface area (Å²) in [5.41, 5.74) is 11.4. The third kappa shape index (κ3) is 8.05. The quantitative estimate of drug-likeness (QED) is 0.190. The van der Waals surface area contributed by atoms with Gasteiger partial charge in [-0.1, -0.05) is 30.3 Å². The number of carbonyl (C=O) groups is 2. The van der Waals surface area contributed by atoms with Crippen molar-refractivity contribution in [2.75, 3.05) is 18.8 Å². The molecule has 0 unspecified atom stereocenters. The summed E-state index contributed by atoms with van der Waals surface area (Å²) in [6.45, 7) is 4.28. The molecule has 14 heteroatoms. The van der Waals surface area contributed by atoms with Gasteiger partial charge in [-0.2, -0.15) is 13.2 Å². The van der Waals surface area contributed by atoms with E-state index in [0.29, 0.717) is 18.7 Å². The molecule has 2 aromatic heterocycles. The fourth-order valence-electron chi connectivity index (χ4n) is 5.13. The summed E-state index contributed by atoms with van der Waals surface area (Å²) in [5.74, 6) is -2.88. The first kappa shape index (κ1) is 33.2. The number of carboxylic acids is 1. The number of carboxylic acid groups (broad SMARTS) is 1. The number of nitrogens with two attached hydrogens (primary N) is 1. The number of hydrogen-bond acceptors (Lipinski definition) is 6. The molecule has 0 atom stereocenters. The number of primary amides is 1. The zero-order chi connectivity index (χ0) is 32.1. The molecule has 4 aromatic rings. The third-order valence-corrected chi connectivity index (χ3v) is 10.3. The molecule has 9 nitrogen and oxygen atoms in total. The van der Waals surface area contributed by atoms with Crippen molar-refractivity contribution in [2.24, 2.45) is 5.73 Å². The van der Waals surface area contributed by atoms with Gasteiger partial charge in [0.05, 0.1) is 16.8 Å². The molecule has 1 saturated heterocycles. The highest BCUT2D eigenvalue weighted by molar-refractivity contribution is 7.89. The molecule has 0 bridgehead atoms. The van der Waals surface area contributed by atoms with Crippen molar-refractivity contribution in [3.05, 3.63) is 81.7 Å². The number of benzene rings is 2. The van der Waals surface area contributed by atoms with E-state index in [4.69, 9.17) is 15.6 Å². The van der Waals surface area contributed by atoms with Gasteiger partial charge in [0, 0.05) is 42.6 Å². The summed E-state index contributed by atoms with van der Waals surface area (Å²) in [6.07, 6.45) is -1.63. The van der Waals surface area contributed by atoms with Crippen LogP contribution in [0.5, 0.6) is 0 Å². The number of carbonyl (C=O) groups excluding carboxylic acids is 1. The smallest absolute Gasteiger partial charge is 0.475 e. The molecule has 1 aliphatic heterocycles. The maximum Gasteiger partial charge on any atom is 0.490 e. The van der Waals surface area contributed by atoms with Crippen LogP contribution in [0.4, 0.5) is 13.2 Å².